The van der Waals surface area contributed by atoms with Crippen LogP contribution < -0.4 is 0 Å². The van der Waals surface area contributed by atoms with Crippen molar-refractivity contribution in [2.24, 2.45) is 5.92 Å². The van der Waals surface area contributed by atoms with Gasteiger partial charge in [0.2, 0.25) is 0 Å². The minimum absolute atomic E-state index is 0.0204. The topological polar surface area (TPSA) is 37.3 Å². The third-order valence-electron chi connectivity index (χ3n) is 3.39. The highest BCUT2D eigenvalue weighted by Gasteiger charge is 2.29. The number of fused-ring (bicyclic) bond motifs is 1. The van der Waals surface area contributed by atoms with E-state index in [0.29, 0.717) is 0 Å². The normalized spacial score (nSPS) is 19.5. The molecule has 2 nitrogen and oxygen atoms in total. The van der Waals surface area contributed by atoms with Crippen molar-refractivity contribution >= 4 is 5.78 Å². The van der Waals surface area contributed by atoms with Crippen molar-refractivity contribution in [1.82, 2.24) is 0 Å². The van der Waals surface area contributed by atoms with Crippen molar-refractivity contribution in [2.45, 2.75) is 33.8 Å². The van der Waals surface area contributed by atoms with E-state index in [1.165, 1.54) is 0 Å². The van der Waals surface area contributed by atoms with Gasteiger partial charge in [0.05, 0.1) is 6.61 Å². The van der Waals surface area contributed by atoms with Gasteiger partial charge >= 0.3 is 0 Å². The van der Waals surface area contributed by atoms with Crippen LogP contribution in [-0.2, 0) is 13.0 Å². The van der Waals surface area contributed by atoms with Crippen LogP contribution in [0.4, 0.5) is 0 Å². The maximum atomic E-state index is 11.9. The van der Waals surface area contributed by atoms with Crippen molar-refractivity contribution in [1.29, 1.82) is 0 Å². The molecule has 0 aromatic heterocycles. The van der Waals surface area contributed by atoms with Gasteiger partial charge in [-0.15, -0.1) is 0 Å². The lowest BCUT2D eigenvalue weighted by molar-refractivity contribution is 0.0945. The van der Waals surface area contributed by atoms with Crippen LogP contribution in [0.1, 0.15) is 39.5 Å². The van der Waals surface area contributed by atoms with E-state index < -0.39 is 0 Å². The monoisotopic (exact) mass is 204 g/mol. The Hall–Kier alpha value is -1.15. The first-order valence-electron chi connectivity index (χ1n) is 5.33. The Morgan fingerprint density at radius 3 is 2.73 bits per heavy atom. The third kappa shape index (κ3) is 1.40. The second-order valence-corrected chi connectivity index (χ2v) is 4.46. The first kappa shape index (κ1) is 10.4. The fourth-order valence-corrected chi connectivity index (χ4v) is 2.52. The van der Waals surface area contributed by atoms with Crippen LogP contribution in [0.25, 0.3) is 0 Å². The molecule has 0 saturated carbocycles. The van der Waals surface area contributed by atoms with Gasteiger partial charge in [0, 0.05) is 11.5 Å². The molecule has 2 heteroatoms. The van der Waals surface area contributed by atoms with Crippen molar-refractivity contribution in [3.63, 3.8) is 0 Å². The number of hydrogen-bond donors (Lipinski definition) is 1. The molecule has 0 aliphatic heterocycles. The number of hydrogen-bond acceptors (Lipinski definition) is 2. The van der Waals surface area contributed by atoms with Gasteiger partial charge in [-0.3, -0.25) is 4.79 Å². The van der Waals surface area contributed by atoms with E-state index >= 15 is 0 Å². The fraction of sp³-hybridized carbons (Fsp3) is 0.462. The lowest BCUT2D eigenvalue weighted by Crippen LogP contribution is -2.06. The summed E-state index contributed by atoms with van der Waals surface area (Å²) < 4.78 is 0. The largest absolute Gasteiger partial charge is 0.392 e. The Labute approximate surface area is 89.9 Å². The molecule has 0 fully saturated rings. The zero-order valence-electron chi connectivity index (χ0n) is 9.42. The molecule has 0 amide bonds. The molecular formula is C13H16O2. The number of aryl methyl sites for hydroxylation is 1. The van der Waals surface area contributed by atoms with Crippen LogP contribution in [-0.4, -0.2) is 10.9 Å². The number of Topliss-reactive ketones (excluding diaryl/α,β-unsaturated/α-hetero) is 1. The Kier molecular flexibility index (Phi) is 2.39. The van der Waals surface area contributed by atoms with Gasteiger partial charge in [-0.25, -0.2) is 0 Å². The van der Waals surface area contributed by atoms with E-state index in [0.717, 1.165) is 34.2 Å². The van der Waals surface area contributed by atoms with E-state index in [9.17, 15) is 9.90 Å². The van der Waals surface area contributed by atoms with Crippen LogP contribution in [0.3, 0.4) is 0 Å². The summed E-state index contributed by atoms with van der Waals surface area (Å²) in [5.41, 5.74) is 4.99. The number of ketones is 1. The van der Waals surface area contributed by atoms with Crippen molar-refractivity contribution < 1.29 is 9.90 Å². The maximum Gasteiger partial charge on any atom is 0.166 e. The minimum atomic E-state index is 0.0204. The number of carbonyl (C=O) groups is 1. The number of aliphatic hydroxyl groups is 1. The molecule has 0 radical (unpaired) electrons. The number of carbonyl (C=O) groups excluding carboxylic acids is 1. The standard InChI is InChI=1S/C13H16O2/c1-7-4-10-5-8(2)13(15)12(10)9(3)11(7)6-14/h4,8,14H,5-6H2,1-3H3/t8-/m1/s1. The van der Waals surface area contributed by atoms with Gasteiger partial charge in [-0.1, -0.05) is 13.0 Å². The van der Waals surface area contributed by atoms with Gasteiger partial charge < -0.3 is 5.11 Å². The van der Waals surface area contributed by atoms with Gasteiger partial charge in [0.25, 0.3) is 0 Å². The Bertz CT molecular complexity index is 433. The smallest absolute Gasteiger partial charge is 0.166 e. The summed E-state index contributed by atoms with van der Waals surface area (Å²) in [5, 5.41) is 9.27. The summed E-state index contributed by atoms with van der Waals surface area (Å²) in [5.74, 6) is 0.337. The Morgan fingerprint density at radius 1 is 1.47 bits per heavy atom. The summed E-state index contributed by atoms with van der Waals surface area (Å²) >= 11 is 0. The van der Waals surface area contributed by atoms with Gasteiger partial charge in [0.15, 0.2) is 5.78 Å². The van der Waals surface area contributed by atoms with Gasteiger partial charge in [0.1, 0.15) is 0 Å². The van der Waals surface area contributed by atoms with Crippen molar-refractivity contribution in [2.75, 3.05) is 0 Å². The van der Waals surface area contributed by atoms with E-state index in [2.05, 4.69) is 6.07 Å². The molecule has 1 atom stereocenters. The van der Waals surface area contributed by atoms with Crippen molar-refractivity contribution in [3.05, 3.63) is 33.9 Å². The molecule has 0 spiro atoms. The van der Waals surface area contributed by atoms with Gasteiger partial charge in [-0.05, 0) is 42.5 Å². The molecule has 2 rings (SSSR count). The summed E-state index contributed by atoms with van der Waals surface area (Å²) in [4.78, 5) is 11.9. The van der Waals surface area contributed by atoms with E-state index in [1.54, 1.807) is 0 Å². The van der Waals surface area contributed by atoms with Crippen LogP contribution >= 0.6 is 0 Å². The number of benzene rings is 1. The molecular weight excluding hydrogens is 188 g/mol. The molecule has 1 aromatic carbocycles. The van der Waals surface area contributed by atoms with E-state index in [4.69, 9.17) is 0 Å². The zero-order chi connectivity index (χ0) is 11.2. The molecule has 0 heterocycles. The maximum absolute atomic E-state index is 11.9. The number of rotatable bonds is 1. The fourth-order valence-electron chi connectivity index (χ4n) is 2.52. The molecule has 1 aliphatic carbocycles. The highest BCUT2D eigenvalue weighted by atomic mass is 16.3. The molecule has 15 heavy (non-hydrogen) atoms. The highest BCUT2D eigenvalue weighted by Crippen LogP contribution is 2.32. The number of aliphatic hydroxyl groups excluding tert-OH is 1. The molecule has 1 N–H and O–H groups in total. The molecule has 0 unspecified atom stereocenters. The Morgan fingerprint density at radius 2 is 2.13 bits per heavy atom. The van der Waals surface area contributed by atoms with Crippen molar-refractivity contribution in [3.8, 4) is 0 Å². The van der Waals surface area contributed by atoms with Crippen LogP contribution in [0.2, 0.25) is 0 Å². The summed E-state index contributed by atoms with van der Waals surface area (Å²) in [6, 6.07) is 2.05. The lowest BCUT2D eigenvalue weighted by Gasteiger charge is -2.11. The quantitative estimate of drug-likeness (QED) is 0.761. The first-order valence-corrected chi connectivity index (χ1v) is 5.33. The second kappa shape index (κ2) is 3.46. The summed E-state index contributed by atoms with van der Waals surface area (Å²) in [7, 11) is 0. The predicted octanol–water partition coefficient (Wildman–Crippen LogP) is 2.17. The molecule has 80 valence electrons. The van der Waals surface area contributed by atoms with Crippen LogP contribution in [0.5, 0.6) is 0 Å². The average Bonchev–Trinajstić information content (AvgIpc) is 2.43. The average molecular weight is 204 g/mol. The zero-order valence-corrected chi connectivity index (χ0v) is 9.42. The predicted molar refractivity (Wildman–Crippen MR) is 59.0 cm³/mol. The van der Waals surface area contributed by atoms with Gasteiger partial charge in [-0.2, -0.15) is 0 Å². The lowest BCUT2D eigenvalue weighted by atomic mass is 9.94. The van der Waals surface area contributed by atoms with Crippen LogP contribution in [0.15, 0.2) is 6.07 Å². The summed E-state index contributed by atoms with van der Waals surface area (Å²) in [6.45, 7) is 5.92. The Balaban J connectivity index is 2.68. The molecule has 1 aromatic rings. The molecule has 0 saturated heterocycles. The first-order chi connectivity index (χ1) is 7.06. The minimum Gasteiger partial charge on any atom is -0.392 e. The van der Waals surface area contributed by atoms with E-state index in [1.807, 2.05) is 20.8 Å². The summed E-state index contributed by atoms with van der Waals surface area (Å²) in [6.07, 6.45) is 0.849. The molecule has 0 bridgehead atoms. The highest BCUT2D eigenvalue weighted by molar-refractivity contribution is 6.03. The van der Waals surface area contributed by atoms with Crippen LogP contribution in [0, 0.1) is 19.8 Å². The SMILES string of the molecule is Cc1cc2c(c(C)c1CO)C(=O)[C@H](C)C2. The van der Waals surface area contributed by atoms with E-state index in [-0.39, 0.29) is 18.3 Å². The molecule has 1 aliphatic rings. The second-order valence-electron chi connectivity index (χ2n) is 4.46. The third-order valence-corrected chi connectivity index (χ3v) is 3.39.